The van der Waals surface area contributed by atoms with Crippen molar-refractivity contribution in [3.8, 4) is 0 Å². The van der Waals surface area contributed by atoms with Crippen molar-refractivity contribution in [3.63, 3.8) is 0 Å². The normalized spacial score (nSPS) is 14.8. The monoisotopic (exact) mass is 198 g/mol. The fourth-order valence-corrected chi connectivity index (χ4v) is 1.20. The molecule has 1 aromatic heterocycles. The van der Waals surface area contributed by atoms with Gasteiger partial charge in [0.05, 0.1) is 6.10 Å². The lowest BCUT2D eigenvalue weighted by atomic mass is 10.1. The van der Waals surface area contributed by atoms with Gasteiger partial charge in [-0.25, -0.2) is 0 Å². The highest BCUT2D eigenvalue weighted by molar-refractivity contribution is 5.92. The van der Waals surface area contributed by atoms with E-state index in [0.29, 0.717) is 6.42 Å². The highest BCUT2D eigenvalue weighted by Crippen LogP contribution is 1.99. The van der Waals surface area contributed by atoms with Crippen LogP contribution in [0.2, 0.25) is 0 Å². The van der Waals surface area contributed by atoms with Crippen molar-refractivity contribution >= 4 is 5.91 Å². The average molecular weight is 198 g/mol. The summed E-state index contributed by atoms with van der Waals surface area (Å²) in [6.45, 7) is 3.50. The zero-order valence-electron chi connectivity index (χ0n) is 8.23. The Morgan fingerprint density at radius 2 is 2.43 bits per heavy atom. The second-order valence-corrected chi connectivity index (χ2v) is 3.34. The van der Waals surface area contributed by atoms with Crippen LogP contribution in [-0.4, -0.2) is 28.3 Å². The lowest BCUT2D eigenvalue weighted by molar-refractivity contribution is 0.0914. The first kappa shape index (κ1) is 10.7. The number of aliphatic hydroxyl groups excluding tert-OH is 1. The first-order chi connectivity index (χ1) is 6.59. The third-order valence-corrected chi connectivity index (χ3v) is 1.74. The van der Waals surface area contributed by atoms with Gasteiger partial charge in [0.25, 0.3) is 5.91 Å². The minimum atomic E-state index is -0.428. The van der Waals surface area contributed by atoms with Gasteiger partial charge in [0, 0.05) is 12.1 Å². The van der Waals surface area contributed by atoms with Gasteiger partial charge < -0.3 is 14.9 Å². The van der Waals surface area contributed by atoms with E-state index in [1.807, 2.05) is 6.92 Å². The van der Waals surface area contributed by atoms with Crippen LogP contribution >= 0.6 is 0 Å². The standard InChI is InChI=1S/C9H14N2O3/c1-6(5-7(2)12)10-9(13)8-3-4-14-11-8/h3-4,6-7,12H,5H2,1-2H3,(H,10,13). The van der Waals surface area contributed by atoms with E-state index in [1.165, 1.54) is 12.3 Å². The van der Waals surface area contributed by atoms with Gasteiger partial charge in [-0.15, -0.1) is 0 Å². The third-order valence-electron chi connectivity index (χ3n) is 1.74. The zero-order valence-corrected chi connectivity index (χ0v) is 8.23. The minimum Gasteiger partial charge on any atom is -0.393 e. The van der Waals surface area contributed by atoms with E-state index >= 15 is 0 Å². The smallest absolute Gasteiger partial charge is 0.273 e. The minimum absolute atomic E-state index is 0.0841. The maximum absolute atomic E-state index is 11.4. The Hall–Kier alpha value is -1.36. The Labute approximate surface area is 82.1 Å². The van der Waals surface area contributed by atoms with Crippen LogP contribution in [0.25, 0.3) is 0 Å². The predicted octanol–water partition coefficient (Wildman–Crippen LogP) is 0.564. The van der Waals surface area contributed by atoms with E-state index in [-0.39, 0.29) is 17.6 Å². The molecule has 1 aromatic rings. The van der Waals surface area contributed by atoms with Crippen molar-refractivity contribution in [1.82, 2.24) is 10.5 Å². The lowest BCUT2D eigenvalue weighted by Gasteiger charge is -2.13. The van der Waals surface area contributed by atoms with Gasteiger partial charge in [-0.1, -0.05) is 5.16 Å². The summed E-state index contributed by atoms with van der Waals surface area (Å²) >= 11 is 0. The largest absolute Gasteiger partial charge is 0.393 e. The summed E-state index contributed by atoms with van der Waals surface area (Å²) < 4.78 is 4.54. The van der Waals surface area contributed by atoms with E-state index in [1.54, 1.807) is 6.92 Å². The summed E-state index contributed by atoms with van der Waals surface area (Å²) in [4.78, 5) is 11.4. The summed E-state index contributed by atoms with van der Waals surface area (Å²) in [6.07, 6.45) is 1.43. The van der Waals surface area contributed by atoms with Crippen molar-refractivity contribution < 1.29 is 14.4 Å². The summed E-state index contributed by atoms with van der Waals surface area (Å²) in [6, 6.07) is 1.41. The molecule has 0 fully saturated rings. The number of nitrogens with zero attached hydrogens (tertiary/aromatic N) is 1. The molecule has 78 valence electrons. The molecule has 0 aliphatic rings. The number of hydrogen-bond acceptors (Lipinski definition) is 4. The van der Waals surface area contributed by atoms with E-state index in [0.717, 1.165) is 0 Å². The van der Waals surface area contributed by atoms with E-state index in [4.69, 9.17) is 5.11 Å². The van der Waals surface area contributed by atoms with E-state index < -0.39 is 6.10 Å². The highest BCUT2D eigenvalue weighted by Gasteiger charge is 2.13. The molecule has 0 aliphatic heterocycles. The molecule has 2 unspecified atom stereocenters. The van der Waals surface area contributed by atoms with Crippen LogP contribution in [0, 0.1) is 0 Å². The van der Waals surface area contributed by atoms with Gasteiger partial charge in [0.2, 0.25) is 0 Å². The Morgan fingerprint density at radius 1 is 1.71 bits per heavy atom. The molecule has 0 saturated carbocycles. The number of nitrogens with one attached hydrogen (secondary N) is 1. The Morgan fingerprint density at radius 3 is 2.93 bits per heavy atom. The Balaban J connectivity index is 2.41. The van der Waals surface area contributed by atoms with Crippen LogP contribution in [-0.2, 0) is 0 Å². The lowest BCUT2D eigenvalue weighted by Crippen LogP contribution is -2.34. The van der Waals surface area contributed by atoms with Crippen LogP contribution in [0.5, 0.6) is 0 Å². The number of carbonyl (C=O) groups is 1. The molecule has 0 saturated heterocycles. The summed E-state index contributed by atoms with van der Waals surface area (Å²) in [5, 5.41) is 15.3. The third kappa shape index (κ3) is 3.18. The summed E-state index contributed by atoms with van der Waals surface area (Å²) in [7, 11) is 0. The van der Waals surface area contributed by atoms with Gasteiger partial charge in [-0.3, -0.25) is 4.79 Å². The Bertz CT molecular complexity index is 282. The second kappa shape index (κ2) is 4.76. The molecule has 0 bridgehead atoms. The van der Waals surface area contributed by atoms with Crippen molar-refractivity contribution in [2.24, 2.45) is 0 Å². The first-order valence-corrected chi connectivity index (χ1v) is 4.49. The van der Waals surface area contributed by atoms with Crippen molar-refractivity contribution in [2.75, 3.05) is 0 Å². The van der Waals surface area contributed by atoms with Crippen LogP contribution in [0.3, 0.4) is 0 Å². The highest BCUT2D eigenvalue weighted by atomic mass is 16.5. The molecule has 1 heterocycles. The predicted molar refractivity (Wildman–Crippen MR) is 49.7 cm³/mol. The van der Waals surface area contributed by atoms with Gasteiger partial charge in [-0.05, 0) is 20.3 Å². The van der Waals surface area contributed by atoms with E-state index in [9.17, 15) is 4.79 Å². The molecule has 1 rings (SSSR count). The van der Waals surface area contributed by atoms with Gasteiger partial charge in [0.1, 0.15) is 6.26 Å². The van der Waals surface area contributed by atoms with Gasteiger partial charge >= 0.3 is 0 Å². The van der Waals surface area contributed by atoms with Crippen LogP contribution in [0.15, 0.2) is 16.9 Å². The quantitative estimate of drug-likeness (QED) is 0.741. The average Bonchev–Trinajstić information content (AvgIpc) is 2.53. The second-order valence-electron chi connectivity index (χ2n) is 3.34. The topological polar surface area (TPSA) is 75.4 Å². The molecule has 5 heteroatoms. The molecule has 0 spiro atoms. The number of rotatable bonds is 4. The molecule has 0 radical (unpaired) electrons. The molecular formula is C9H14N2O3. The van der Waals surface area contributed by atoms with Crippen molar-refractivity contribution in [3.05, 3.63) is 18.0 Å². The van der Waals surface area contributed by atoms with Crippen molar-refractivity contribution in [1.29, 1.82) is 0 Å². The number of amides is 1. The summed E-state index contributed by atoms with van der Waals surface area (Å²) in [5.41, 5.74) is 0.252. The molecule has 2 N–H and O–H groups in total. The van der Waals surface area contributed by atoms with Gasteiger partial charge in [-0.2, -0.15) is 0 Å². The number of aliphatic hydroxyl groups is 1. The zero-order chi connectivity index (χ0) is 10.6. The molecule has 5 nitrogen and oxygen atoms in total. The van der Waals surface area contributed by atoms with Crippen LogP contribution in [0.4, 0.5) is 0 Å². The number of aromatic nitrogens is 1. The SMILES string of the molecule is CC(O)CC(C)NC(=O)c1ccon1. The molecule has 14 heavy (non-hydrogen) atoms. The number of carbonyl (C=O) groups excluding carboxylic acids is 1. The number of hydrogen-bond donors (Lipinski definition) is 2. The molecule has 2 atom stereocenters. The fraction of sp³-hybridized carbons (Fsp3) is 0.556. The van der Waals surface area contributed by atoms with Crippen LogP contribution < -0.4 is 5.32 Å². The molecule has 0 aromatic carbocycles. The molecular weight excluding hydrogens is 184 g/mol. The summed E-state index contributed by atoms with van der Waals surface area (Å²) in [5.74, 6) is -0.285. The van der Waals surface area contributed by atoms with Gasteiger partial charge in [0.15, 0.2) is 5.69 Å². The fourth-order valence-electron chi connectivity index (χ4n) is 1.20. The first-order valence-electron chi connectivity index (χ1n) is 4.49. The van der Waals surface area contributed by atoms with Crippen molar-refractivity contribution in [2.45, 2.75) is 32.4 Å². The molecule has 1 amide bonds. The maximum Gasteiger partial charge on any atom is 0.273 e. The maximum atomic E-state index is 11.4. The Kier molecular flexibility index (Phi) is 3.64. The molecule has 0 aliphatic carbocycles. The van der Waals surface area contributed by atoms with Crippen LogP contribution in [0.1, 0.15) is 30.8 Å². The van der Waals surface area contributed by atoms with E-state index in [2.05, 4.69) is 15.0 Å².